The maximum absolute atomic E-state index is 11.2. The van der Waals surface area contributed by atoms with Crippen LogP contribution in [-0.2, 0) is 0 Å². The lowest BCUT2D eigenvalue weighted by Crippen LogP contribution is -2.10. The SMILES string of the molecule is NC(=O)c1sccc1Sc1ccsc1C(N)=O. The molecule has 0 radical (unpaired) electrons. The van der Waals surface area contributed by atoms with Gasteiger partial charge in [-0.2, -0.15) is 0 Å². The van der Waals surface area contributed by atoms with Crippen molar-refractivity contribution in [3.63, 3.8) is 0 Å². The molecule has 0 aliphatic heterocycles. The third-order valence-electron chi connectivity index (χ3n) is 1.93. The zero-order chi connectivity index (χ0) is 12.4. The predicted molar refractivity (Wildman–Crippen MR) is 69.8 cm³/mol. The predicted octanol–water partition coefficient (Wildman–Crippen LogP) is 2.16. The van der Waals surface area contributed by atoms with Crippen LogP contribution in [0, 0.1) is 0 Å². The summed E-state index contributed by atoms with van der Waals surface area (Å²) in [6, 6.07) is 3.61. The second-order valence-electron chi connectivity index (χ2n) is 3.06. The number of carbonyl (C=O) groups excluding carboxylic acids is 2. The van der Waals surface area contributed by atoms with Crippen molar-refractivity contribution in [2.75, 3.05) is 0 Å². The molecule has 4 nitrogen and oxygen atoms in total. The Bertz CT molecular complexity index is 523. The first kappa shape index (κ1) is 12.2. The van der Waals surface area contributed by atoms with E-state index < -0.39 is 11.8 Å². The third kappa shape index (κ3) is 2.51. The summed E-state index contributed by atoms with van der Waals surface area (Å²) in [4.78, 5) is 24.8. The largest absolute Gasteiger partial charge is 0.365 e. The fourth-order valence-electron chi connectivity index (χ4n) is 1.23. The molecule has 2 rings (SSSR count). The Kier molecular flexibility index (Phi) is 3.51. The van der Waals surface area contributed by atoms with E-state index in [0.29, 0.717) is 9.75 Å². The quantitative estimate of drug-likeness (QED) is 0.902. The van der Waals surface area contributed by atoms with Gasteiger partial charge >= 0.3 is 0 Å². The van der Waals surface area contributed by atoms with Crippen LogP contribution in [0.2, 0.25) is 0 Å². The molecule has 2 aromatic heterocycles. The summed E-state index contributed by atoms with van der Waals surface area (Å²) in [5, 5.41) is 3.58. The summed E-state index contributed by atoms with van der Waals surface area (Å²) < 4.78 is 0. The lowest BCUT2D eigenvalue weighted by molar-refractivity contribution is 0.0993. The molecule has 88 valence electrons. The topological polar surface area (TPSA) is 86.2 Å². The monoisotopic (exact) mass is 284 g/mol. The average molecular weight is 284 g/mol. The lowest BCUT2D eigenvalue weighted by atomic mass is 10.4. The number of amides is 2. The summed E-state index contributed by atoms with van der Waals surface area (Å²) in [7, 11) is 0. The molecule has 0 unspecified atom stereocenters. The highest BCUT2D eigenvalue weighted by molar-refractivity contribution is 7.99. The van der Waals surface area contributed by atoms with E-state index >= 15 is 0 Å². The minimum Gasteiger partial charge on any atom is -0.365 e. The van der Waals surface area contributed by atoms with E-state index in [1.807, 2.05) is 0 Å². The fourth-order valence-corrected chi connectivity index (χ4v) is 4.12. The molecule has 0 saturated heterocycles. The van der Waals surface area contributed by atoms with Gasteiger partial charge in [-0.25, -0.2) is 0 Å². The van der Waals surface area contributed by atoms with Crippen molar-refractivity contribution in [3.8, 4) is 0 Å². The molecule has 7 heteroatoms. The fraction of sp³-hybridized carbons (Fsp3) is 0. The van der Waals surface area contributed by atoms with Crippen molar-refractivity contribution in [2.45, 2.75) is 9.79 Å². The molecule has 17 heavy (non-hydrogen) atoms. The molecule has 0 aliphatic rings. The maximum atomic E-state index is 11.2. The van der Waals surface area contributed by atoms with Crippen LogP contribution in [0.25, 0.3) is 0 Å². The van der Waals surface area contributed by atoms with Gasteiger partial charge in [0.05, 0.1) is 0 Å². The van der Waals surface area contributed by atoms with Gasteiger partial charge in [-0.3, -0.25) is 9.59 Å². The minimum absolute atomic E-state index is 0.460. The summed E-state index contributed by atoms with van der Waals surface area (Å²) >= 11 is 3.90. The van der Waals surface area contributed by atoms with Crippen LogP contribution in [0.15, 0.2) is 32.7 Å². The molecular formula is C10H8N2O2S3. The first-order valence-corrected chi connectivity index (χ1v) is 7.09. The van der Waals surface area contributed by atoms with Crippen molar-refractivity contribution in [1.82, 2.24) is 0 Å². The normalized spacial score (nSPS) is 10.4. The first-order valence-electron chi connectivity index (χ1n) is 4.52. The molecule has 0 spiro atoms. The highest BCUT2D eigenvalue weighted by atomic mass is 32.2. The van der Waals surface area contributed by atoms with Crippen LogP contribution in [0.4, 0.5) is 0 Å². The van der Waals surface area contributed by atoms with Crippen LogP contribution in [-0.4, -0.2) is 11.8 Å². The molecule has 0 aromatic carbocycles. The molecule has 0 bridgehead atoms. The van der Waals surface area contributed by atoms with E-state index in [0.717, 1.165) is 9.79 Å². The Morgan fingerprint density at radius 3 is 1.71 bits per heavy atom. The summed E-state index contributed by atoms with van der Waals surface area (Å²) in [6.45, 7) is 0. The minimum atomic E-state index is -0.460. The smallest absolute Gasteiger partial charge is 0.259 e. The van der Waals surface area contributed by atoms with Gasteiger partial charge in [-0.1, -0.05) is 11.8 Å². The molecule has 0 fully saturated rings. The lowest BCUT2D eigenvalue weighted by Gasteiger charge is -2.00. The van der Waals surface area contributed by atoms with E-state index in [1.54, 1.807) is 22.9 Å². The van der Waals surface area contributed by atoms with E-state index in [2.05, 4.69) is 0 Å². The average Bonchev–Trinajstić information content (AvgIpc) is 2.86. The van der Waals surface area contributed by atoms with Crippen LogP contribution in [0.3, 0.4) is 0 Å². The summed E-state index contributed by atoms with van der Waals surface area (Å²) in [6.07, 6.45) is 0. The Labute approximate surface area is 110 Å². The van der Waals surface area contributed by atoms with Crippen LogP contribution in [0.5, 0.6) is 0 Å². The van der Waals surface area contributed by atoms with Gasteiger partial charge in [0, 0.05) is 9.79 Å². The van der Waals surface area contributed by atoms with Crippen LogP contribution in [0.1, 0.15) is 19.3 Å². The number of hydrogen-bond acceptors (Lipinski definition) is 5. The van der Waals surface area contributed by atoms with Gasteiger partial charge < -0.3 is 11.5 Å². The van der Waals surface area contributed by atoms with Crippen LogP contribution < -0.4 is 11.5 Å². The zero-order valence-corrected chi connectivity index (χ0v) is 11.0. The number of rotatable bonds is 4. The molecule has 0 aliphatic carbocycles. The van der Waals surface area contributed by atoms with E-state index in [-0.39, 0.29) is 0 Å². The second kappa shape index (κ2) is 4.91. The summed E-state index contributed by atoms with van der Waals surface area (Å²) in [5.41, 5.74) is 10.5. The van der Waals surface area contributed by atoms with Gasteiger partial charge in [0.25, 0.3) is 11.8 Å². The van der Waals surface area contributed by atoms with Crippen molar-refractivity contribution < 1.29 is 9.59 Å². The van der Waals surface area contributed by atoms with Crippen molar-refractivity contribution >= 4 is 46.2 Å². The van der Waals surface area contributed by atoms with Gasteiger partial charge in [0.2, 0.25) is 0 Å². The Hall–Kier alpha value is -1.31. The highest BCUT2D eigenvalue weighted by Gasteiger charge is 2.15. The molecule has 2 aromatic rings. The van der Waals surface area contributed by atoms with Crippen LogP contribution >= 0.6 is 34.4 Å². The molecular weight excluding hydrogens is 276 g/mol. The standard InChI is InChI=1S/C10H8N2O2S3/c11-9(13)7-5(1-3-15-7)17-6-2-4-16-8(6)10(12)14/h1-4H,(H2,11,13)(H2,12,14). The maximum Gasteiger partial charge on any atom is 0.259 e. The molecule has 2 amide bonds. The molecule has 0 atom stereocenters. The highest BCUT2D eigenvalue weighted by Crippen LogP contribution is 2.36. The van der Waals surface area contributed by atoms with Gasteiger partial charge in [0.1, 0.15) is 9.75 Å². The Morgan fingerprint density at radius 2 is 1.35 bits per heavy atom. The number of hydrogen-bond donors (Lipinski definition) is 2. The number of nitrogens with two attached hydrogens (primary N) is 2. The Morgan fingerprint density at radius 1 is 0.941 bits per heavy atom. The second-order valence-corrected chi connectivity index (χ2v) is 5.97. The molecule has 2 heterocycles. The van der Waals surface area contributed by atoms with Crippen molar-refractivity contribution in [3.05, 3.63) is 32.6 Å². The van der Waals surface area contributed by atoms with Crippen molar-refractivity contribution in [2.24, 2.45) is 11.5 Å². The van der Waals surface area contributed by atoms with E-state index in [9.17, 15) is 9.59 Å². The van der Waals surface area contributed by atoms with Gasteiger partial charge in [-0.15, -0.1) is 22.7 Å². The van der Waals surface area contributed by atoms with Gasteiger partial charge in [-0.05, 0) is 22.9 Å². The van der Waals surface area contributed by atoms with Crippen molar-refractivity contribution in [1.29, 1.82) is 0 Å². The van der Waals surface area contributed by atoms with E-state index in [1.165, 1.54) is 34.4 Å². The number of thiophene rings is 2. The third-order valence-corrected chi connectivity index (χ3v) is 5.16. The number of carbonyl (C=O) groups is 2. The van der Waals surface area contributed by atoms with E-state index in [4.69, 9.17) is 11.5 Å². The summed E-state index contributed by atoms with van der Waals surface area (Å²) in [5.74, 6) is -0.920. The number of primary amides is 2. The first-order chi connectivity index (χ1) is 8.09. The molecule has 4 N–H and O–H groups in total. The Balaban J connectivity index is 2.32. The van der Waals surface area contributed by atoms with Gasteiger partial charge in [0.15, 0.2) is 0 Å². The zero-order valence-electron chi connectivity index (χ0n) is 8.51. The molecule has 0 saturated carbocycles.